The highest BCUT2D eigenvalue weighted by Gasteiger charge is 2.16. The molecule has 1 heterocycles. The summed E-state index contributed by atoms with van der Waals surface area (Å²) in [6.45, 7) is 3.02. The molecule has 0 atom stereocenters. The Hall–Kier alpha value is -2.80. The number of carboxylic acids is 1. The van der Waals surface area contributed by atoms with Gasteiger partial charge < -0.3 is 19.1 Å². The molecule has 0 spiro atoms. The van der Waals surface area contributed by atoms with Gasteiger partial charge in [0.1, 0.15) is 17.1 Å². The molecule has 0 unspecified atom stereocenters. The molecule has 0 bridgehead atoms. The van der Waals surface area contributed by atoms with Crippen LogP contribution in [0.3, 0.4) is 0 Å². The number of pyridine rings is 1. The first-order valence-electron chi connectivity index (χ1n) is 11.4. The van der Waals surface area contributed by atoms with Gasteiger partial charge in [0.2, 0.25) is 5.43 Å². The number of aromatic nitrogens is 1. The molecule has 0 fully saturated rings. The molecule has 33 heavy (non-hydrogen) atoms. The van der Waals surface area contributed by atoms with Crippen LogP contribution in [-0.2, 0) is 0 Å². The Morgan fingerprint density at radius 2 is 1.70 bits per heavy atom. The average molecular weight is 516 g/mol. The average Bonchev–Trinajstić information content (AvgIpc) is 2.81. The lowest BCUT2D eigenvalue weighted by atomic mass is 10.1. The molecular weight excluding hydrogens is 486 g/mol. The molecule has 1 aromatic heterocycles. The van der Waals surface area contributed by atoms with Gasteiger partial charge in [-0.15, -0.1) is 0 Å². The number of nitrogens with zero attached hydrogens (tertiary/aromatic N) is 1. The standard InChI is InChI=1S/C26H30BrNO5/c1-2-32-20-11-9-10-19(16-20)28-18-23(26(30)31)25(29)22-13-12-21(17-24(22)28)33-15-8-6-4-3-5-7-14-27/h9-13,16-18H,2-8,14-15H2,1H3,(H,30,31). The molecular formula is C26H30BrNO5. The monoisotopic (exact) mass is 515 g/mol. The van der Waals surface area contributed by atoms with Crippen molar-refractivity contribution in [3.63, 3.8) is 0 Å². The number of carbonyl (C=O) groups is 1. The van der Waals surface area contributed by atoms with Crippen molar-refractivity contribution in [3.05, 3.63) is 64.4 Å². The van der Waals surface area contributed by atoms with E-state index in [0.717, 1.165) is 18.2 Å². The van der Waals surface area contributed by atoms with Gasteiger partial charge in [-0.2, -0.15) is 0 Å². The number of alkyl halides is 1. The third-order valence-corrected chi connectivity index (χ3v) is 5.97. The zero-order chi connectivity index (χ0) is 23.6. The van der Waals surface area contributed by atoms with Crippen molar-refractivity contribution in [3.8, 4) is 17.2 Å². The fourth-order valence-electron chi connectivity index (χ4n) is 3.74. The van der Waals surface area contributed by atoms with Crippen LogP contribution in [0, 0.1) is 0 Å². The van der Waals surface area contributed by atoms with Crippen molar-refractivity contribution in [1.82, 2.24) is 4.57 Å². The summed E-state index contributed by atoms with van der Waals surface area (Å²) in [6, 6.07) is 12.5. The number of rotatable bonds is 13. The van der Waals surface area contributed by atoms with E-state index in [1.54, 1.807) is 22.8 Å². The molecule has 0 saturated heterocycles. The summed E-state index contributed by atoms with van der Waals surface area (Å²) in [7, 11) is 0. The number of hydrogen-bond acceptors (Lipinski definition) is 4. The Balaban J connectivity index is 1.86. The third kappa shape index (κ3) is 6.60. The van der Waals surface area contributed by atoms with Gasteiger partial charge in [0, 0.05) is 34.7 Å². The van der Waals surface area contributed by atoms with Crippen LogP contribution in [-0.4, -0.2) is 34.2 Å². The lowest BCUT2D eigenvalue weighted by Gasteiger charge is -2.15. The van der Waals surface area contributed by atoms with E-state index >= 15 is 0 Å². The summed E-state index contributed by atoms with van der Waals surface area (Å²) in [5.74, 6) is 0.0642. The van der Waals surface area contributed by atoms with E-state index in [-0.39, 0.29) is 5.56 Å². The van der Waals surface area contributed by atoms with Crippen LogP contribution in [0.4, 0.5) is 0 Å². The highest BCUT2D eigenvalue weighted by molar-refractivity contribution is 9.09. The number of unbranched alkanes of at least 4 members (excludes halogenated alkanes) is 5. The Labute approximate surface area is 202 Å². The van der Waals surface area contributed by atoms with E-state index < -0.39 is 11.4 Å². The molecule has 0 aliphatic heterocycles. The largest absolute Gasteiger partial charge is 0.494 e. The third-order valence-electron chi connectivity index (χ3n) is 5.41. The molecule has 176 valence electrons. The predicted octanol–water partition coefficient (Wildman–Crippen LogP) is 6.20. The van der Waals surface area contributed by atoms with Crippen molar-refractivity contribution in [1.29, 1.82) is 0 Å². The molecule has 7 heteroatoms. The zero-order valence-electron chi connectivity index (χ0n) is 18.9. The van der Waals surface area contributed by atoms with E-state index in [4.69, 9.17) is 9.47 Å². The van der Waals surface area contributed by atoms with Crippen molar-refractivity contribution >= 4 is 32.8 Å². The summed E-state index contributed by atoms with van der Waals surface area (Å²) in [4.78, 5) is 24.5. The molecule has 0 aliphatic rings. The zero-order valence-corrected chi connectivity index (χ0v) is 20.5. The first kappa shape index (κ1) is 24.8. The molecule has 0 aliphatic carbocycles. The Bertz CT molecular complexity index is 1140. The van der Waals surface area contributed by atoms with Gasteiger partial charge in [-0.1, -0.05) is 47.7 Å². The van der Waals surface area contributed by atoms with Gasteiger partial charge in [-0.3, -0.25) is 4.79 Å². The summed E-state index contributed by atoms with van der Waals surface area (Å²) >= 11 is 3.46. The van der Waals surface area contributed by atoms with E-state index in [0.29, 0.717) is 41.3 Å². The van der Waals surface area contributed by atoms with Crippen molar-refractivity contribution in [2.75, 3.05) is 18.5 Å². The molecule has 0 saturated carbocycles. The van der Waals surface area contributed by atoms with Crippen LogP contribution in [0.1, 0.15) is 55.8 Å². The van der Waals surface area contributed by atoms with Crippen LogP contribution in [0.2, 0.25) is 0 Å². The van der Waals surface area contributed by atoms with Crippen LogP contribution >= 0.6 is 15.9 Å². The number of ether oxygens (including phenoxy) is 2. The van der Waals surface area contributed by atoms with Gasteiger partial charge in [0.25, 0.3) is 0 Å². The summed E-state index contributed by atoms with van der Waals surface area (Å²) in [5.41, 5.74) is 0.502. The normalized spacial score (nSPS) is 11.0. The first-order chi connectivity index (χ1) is 16.0. The number of benzene rings is 2. The minimum Gasteiger partial charge on any atom is -0.494 e. The summed E-state index contributed by atoms with van der Waals surface area (Å²) < 4.78 is 13.3. The quantitative estimate of drug-likeness (QED) is 0.216. The number of carboxylic acid groups (broad SMARTS) is 1. The van der Waals surface area contributed by atoms with Gasteiger partial charge in [-0.25, -0.2) is 4.79 Å². The fourth-order valence-corrected chi connectivity index (χ4v) is 4.14. The predicted molar refractivity (Wildman–Crippen MR) is 135 cm³/mol. The topological polar surface area (TPSA) is 77.8 Å². The molecule has 1 N–H and O–H groups in total. The van der Waals surface area contributed by atoms with E-state index in [1.807, 2.05) is 31.2 Å². The summed E-state index contributed by atoms with van der Waals surface area (Å²) in [5, 5.41) is 11.0. The Kier molecular flexibility index (Phi) is 9.36. The van der Waals surface area contributed by atoms with E-state index in [9.17, 15) is 14.7 Å². The molecule has 3 aromatic rings. The second-order valence-corrected chi connectivity index (χ2v) is 8.61. The van der Waals surface area contributed by atoms with Crippen LogP contribution in [0.25, 0.3) is 16.6 Å². The minimum atomic E-state index is -1.26. The number of hydrogen-bond donors (Lipinski definition) is 1. The van der Waals surface area contributed by atoms with Crippen LogP contribution in [0.5, 0.6) is 11.5 Å². The maximum atomic E-state index is 12.8. The maximum absolute atomic E-state index is 12.8. The fraction of sp³-hybridized carbons (Fsp3) is 0.385. The minimum absolute atomic E-state index is 0.280. The van der Waals surface area contributed by atoms with Crippen LogP contribution < -0.4 is 14.9 Å². The van der Waals surface area contributed by atoms with E-state index in [2.05, 4.69) is 15.9 Å². The number of fused-ring (bicyclic) bond motifs is 1. The SMILES string of the molecule is CCOc1cccc(-n2cc(C(=O)O)c(=O)c3ccc(OCCCCCCCCBr)cc32)c1. The molecule has 2 aromatic carbocycles. The van der Waals surface area contributed by atoms with Gasteiger partial charge in [-0.05, 0) is 44.0 Å². The Morgan fingerprint density at radius 3 is 2.42 bits per heavy atom. The highest BCUT2D eigenvalue weighted by Crippen LogP contribution is 2.25. The number of halogens is 1. The van der Waals surface area contributed by atoms with Crippen molar-refractivity contribution < 1.29 is 19.4 Å². The van der Waals surface area contributed by atoms with Crippen molar-refractivity contribution in [2.24, 2.45) is 0 Å². The van der Waals surface area contributed by atoms with Crippen molar-refractivity contribution in [2.45, 2.75) is 45.4 Å². The maximum Gasteiger partial charge on any atom is 0.341 e. The first-order valence-corrected chi connectivity index (χ1v) is 12.5. The Morgan fingerprint density at radius 1 is 0.970 bits per heavy atom. The molecule has 6 nitrogen and oxygen atoms in total. The molecule has 3 rings (SSSR count). The smallest absolute Gasteiger partial charge is 0.341 e. The van der Waals surface area contributed by atoms with Gasteiger partial charge in [0.05, 0.1) is 18.7 Å². The molecule has 0 amide bonds. The van der Waals surface area contributed by atoms with Crippen LogP contribution in [0.15, 0.2) is 53.5 Å². The van der Waals surface area contributed by atoms with Gasteiger partial charge in [0.15, 0.2) is 0 Å². The molecule has 0 radical (unpaired) electrons. The highest BCUT2D eigenvalue weighted by atomic mass is 79.9. The lowest BCUT2D eigenvalue weighted by molar-refractivity contribution is 0.0695. The second-order valence-electron chi connectivity index (χ2n) is 7.82. The summed E-state index contributed by atoms with van der Waals surface area (Å²) in [6.07, 6.45) is 8.35. The second kappa shape index (κ2) is 12.4. The van der Waals surface area contributed by atoms with Gasteiger partial charge >= 0.3 is 5.97 Å². The van der Waals surface area contributed by atoms with E-state index in [1.165, 1.54) is 31.9 Å². The lowest BCUT2D eigenvalue weighted by Crippen LogP contribution is -2.18. The number of aromatic carboxylic acids is 1.